The quantitative estimate of drug-likeness (QED) is 0.594. The molecule has 5 heteroatoms. The Labute approximate surface area is 151 Å². The van der Waals surface area contributed by atoms with Crippen molar-refractivity contribution in [1.29, 1.82) is 5.26 Å². The fraction of sp³-hybridized carbons (Fsp3) is 0.0476. The molecule has 0 spiro atoms. The van der Waals surface area contributed by atoms with Crippen LogP contribution >= 0.6 is 0 Å². The molecule has 1 atom stereocenters. The highest BCUT2D eigenvalue weighted by molar-refractivity contribution is 5.86. The molecular weight excluding hydrogens is 326 g/mol. The van der Waals surface area contributed by atoms with Gasteiger partial charge in [0.25, 0.3) is 0 Å². The van der Waals surface area contributed by atoms with Crippen LogP contribution in [0, 0.1) is 11.3 Å². The molecule has 0 radical (unpaired) electrons. The zero-order valence-electron chi connectivity index (χ0n) is 13.9. The first-order valence-electron chi connectivity index (χ1n) is 8.04. The summed E-state index contributed by atoms with van der Waals surface area (Å²) in [5, 5.41) is 32.4. The van der Waals surface area contributed by atoms with Crippen molar-refractivity contribution < 1.29 is 10.2 Å². The highest BCUT2D eigenvalue weighted by Crippen LogP contribution is 2.31. The minimum absolute atomic E-state index is 0.0572. The first-order chi connectivity index (χ1) is 12.7. The van der Waals surface area contributed by atoms with E-state index in [4.69, 9.17) is 0 Å². The predicted octanol–water partition coefficient (Wildman–Crippen LogP) is 4.53. The molecule has 26 heavy (non-hydrogen) atoms. The van der Waals surface area contributed by atoms with E-state index in [1.807, 2.05) is 24.3 Å². The van der Waals surface area contributed by atoms with Gasteiger partial charge in [-0.15, -0.1) is 0 Å². The van der Waals surface area contributed by atoms with Crippen molar-refractivity contribution in [2.24, 2.45) is 4.99 Å². The number of nitrogens with zero attached hydrogens (tertiary/aromatic N) is 2. The standard InChI is InChI=1S/C21H17N3O2/c22-13-19(16-8-2-6-12-21(16)26)24-18-10-4-3-9-17(18)23-14-15-7-1-5-11-20(15)25/h1-12,14,19,24-26H/t19-/m0/s1. The number of rotatable bonds is 5. The van der Waals surface area contributed by atoms with Crippen LogP contribution in [0.4, 0.5) is 11.4 Å². The zero-order chi connectivity index (χ0) is 18.4. The van der Waals surface area contributed by atoms with Crippen molar-refractivity contribution in [3.05, 3.63) is 83.9 Å². The first kappa shape index (κ1) is 17.1. The van der Waals surface area contributed by atoms with E-state index in [-0.39, 0.29) is 11.5 Å². The molecule has 3 rings (SSSR count). The second-order valence-corrected chi connectivity index (χ2v) is 5.60. The Morgan fingerprint density at radius 3 is 2.27 bits per heavy atom. The topological polar surface area (TPSA) is 88.6 Å². The van der Waals surface area contributed by atoms with Gasteiger partial charge in [0.15, 0.2) is 0 Å². The Bertz CT molecular complexity index is 977. The van der Waals surface area contributed by atoms with Crippen LogP contribution in [0.2, 0.25) is 0 Å². The molecule has 0 aliphatic heterocycles. The van der Waals surface area contributed by atoms with E-state index in [9.17, 15) is 15.5 Å². The highest BCUT2D eigenvalue weighted by atomic mass is 16.3. The Hall–Kier alpha value is -3.78. The van der Waals surface area contributed by atoms with Crippen molar-refractivity contribution in [2.45, 2.75) is 6.04 Å². The average molecular weight is 343 g/mol. The van der Waals surface area contributed by atoms with Crippen molar-refractivity contribution in [1.82, 2.24) is 0 Å². The van der Waals surface area contributed by atoms with Crippen molar-refractivity contribution in [2.75, 3.05) is 5.32 Å². The Morgan fingerprint density at radius 1 is 0.885 bits per heavy atom. The van der Waals surface area contributed by atoms with Gasteiger partial charge in [0, 0.05) is 17.3 Å². The molecule has 0 saturated carbocycles. The molecule has 3 aromatic rings. The molecule has 0 saturated heterocycles. The molecule has 0 unspecified atom stereocenters. The van der Waals surface area contributed by atoms with Crippen LogP contribution in [0.3, 0.4) is 0 Å². The van der Waals surface area contributed by atoms with Crippen LogP contribution in [0.15, 0.2) is 77.8 Å². The summed E-state index contributed by atoms with van der Waals surface area (Å²) in [6.45, 7) is 0. The van der Waals surface area contributed by atoms with Crippen molar-refractivity contribution in [3.8, 4) is 17.6 Å². The van der Waals surface area contributed by atoms with E-state index in [1.165, 1.54) is 0 Å². The number of benzene rings is 3. The second kappa shape index (κ2) is 7.86. The molecule has 0 aliphatic rings. The summed E-state index contributed by atoms with van der Waals surface area (Å²) in [5.74, 6) is 0.201. The van der Waals surface area contributed by atoms with Crippen molar-refractivity contribution >= 4 is 17.6 Å². The van der Waals surface area contributed by atoms with E-state index in [2.05, 4.69) is 16.4 Å². The van der Waals surface area contributed by atoms with Gasteiger partial charge in [0.1, 0.15) is 17.5 Å². The van der Waals surface area contributed by atoms with E-state index in [0.717, 1.165) is 0 Å². The molecule has 0 heterocycles. The lowest BCUT2D eigenvalue weighted by Gasteiger charge is -2.16. The van der Waals surface area contributed by atoms with E-state index >= 15 is 0 Å². The Balaban J connectivity index is 1.89. The van der Waals surface area contributed by atoms with Crippen LogP contribution in [-0.4, -0.2) is 16.4 Å². The zero-order valence-corrected chi connectivity index (χ0v) is 13.9. The minimum atomic E-state index is -0.724. The van der Waals surface area contributed by atoms with Gasteiger partial charge >= 0.3 is 0 Å². The molecule has 0 amide bonds. The number of para-hydroxylation sites is 4. The maximum absolute atomic E-state index is 9.99. The van der Waals surface area contributed by atoms with E-state index < -0.39 is 6.04 Å². The van der Waals surface area contributed by atoms with Gasteiger partial charge in [-0.05, 0) is 30.3 Å². The maximum atomic E-state index is 9.99. The molecule has 0 bridgehead atoms. The van der Waals surface area contributed by atoms with Crippen molar-refractivity contribution in [3.63, 3.8) is 0 Å². The number of nitriles is 1. The summed E-state index contributed by atoms with van der Waals surface area (Å²) in [6.07, 6.45) is 1.57. The van der Waals surface area contributed by atoms with E-state index in [0.29, 0.717) is 22.5 Å². The number of nitrogens with one attached hydrogen (secondary N) is 1. The predicted molar refractivity (Wildman–Crippen MR) is 102 cm³/mol. The number of hydrogen-bond acceptors (Lipinski definition) is 5. The van der Waals surface area contributed by atoms with Crippen LogP contribution < -0.4 is 5.32 Å². The SMILES string of the molecule is N#C[C@H](Nc1ccccc1N=Cc1ccccc1O)c1ccccc1O. The van der Waals surface area contributed by atoms with Gasteiger partial charge in [0.2, 0.25) is 0 Å². The Kier molecular flexibility index (Phi) is 5.16. The van der Waals surface area contributed by atoms with Gasteiger partial charge in [-0.25, -0.2) is 0 Å². The second-order valence-electron chi connectivity index (χ2n) is 5.60. The summed E-state index contributed by atoms with van der Waals surface area (Å²) in [5.41, 5.74) is 2.36. The summed E-state index contributed by atoms with van der Waals surface area (Å²) >= 11 is 0. The summed E-state index contributed by atoms with van der Waals surface area (Å²) < 4.78 is 0. The Morgan fingerprint density at radius 2 is 1.54 bits per heavy atom. The monoisotopic (exact) mass is 343 g/mol. The number of anilines is 1. The highest BCUT2D eigenvalue weighted by Gasteiger charge is 2.15. The molecule has 3 N–H and O–H groups in total. The smallest absolute Gasteiger partial charge is 0.143 e. The molecule has 128 valence electrons. The number of aromatic hydroxyl groups is 2. The third-order valence-electron chi connectivity index (χ3n) is 3.86. The normalized spacial score (nSPS) is 11.8. The summed E-state index contributed by atoms with van der Waals surface area (Å²) in [4.78, 5) is 4.42. The van der Waals surface area contributed by atoms with Crippen LogP contribution in [0.25, 0.3) is 0 Å². The summed E-state index contributed by atoms with van der Waals surface area (Å²) in [7, 11) is 0. The van der Waals surface area contributed by atoms with Gasteiger partial charge < -0.3 is 15.5 Å². The average Bonchev–Trinajstić information content (AvgIpc) is 2.67. The fourth-order valence-electron chi connectivity index (χ4n) is 2.51. The van der Waals surface area contributed by atoms with Gasteiger partial charge in [-0.3, -0.25) is 4.99 Å². The van der Waals surface area contributed by atoms with Crippen LogP contribution in [0.5, 0.6) is 11.5 Å². The molecule has 3 aromatic carbocycles. The van der Waals surface area contributed by atoms with E-state index in [1.54, 1.807) is 54.7 Å². The molecule has 0 fully saturated rings. The fourth-order valence-corrected chi connectivity index (χ4v) is 2.51. The maximum Gasteiger partial charge on any atom is 0.143 e. The van der Waals surface area contributed by atoms with Gasteiger partial charge in [-0.1, -0.05) is 42.5 Å². The number of phenols is 2. The lowest BCUT2D eigenvalue weighted by molar-refractivity contribution is 0.467. The van der Waals surface area contributed by atoms with Gasteiger partial charge in [-0.2, -0.15) is 5.26 Å². The van der Waals surface area contributed by atoms with Crippen LogP contribution in [-0.2, 0) is 0 Å². The number of phenolic OH excluding ortho intramolecular Hbond substituents is 2. The molecule has 0 aromatic heterocycles. The first-order valence-corrected chi connectivity index (χ1v) is 8.04. The largest absolute Gasteiger partial charge is 0.508 e. The lowest BCUT2D eigenvalue weighted by atomic mass is 10.1. The minimum Gasteiger partial charge on any atom is -0.508 e. The van der Waals surface area contributed by atoms with Crippen LogP contribution in [0.1, 0.15) is 17.2 Å². The summed E-state index contributed by atoms with van der Waals surface area (Å²) in [6, 6.07) is 22.3. The molecule has 0 aliphatic carbocycles. The third kappa shape index (κ3) is 3.82. The molecule has 5 nitrogen and oxygen atoms in total. The number of aliphatic imine (C=N–C) groups is 1. The third-order valence-corrected chi connectivity index (χ3v) is 3.86. The number of hydrogen-bond donors (Lipinski definition) is 3. The lowest BCUT2D eigenvalue weighted by Crippen LogP contribution is -2.08. The van der Waals surface area contributed by atoms with Gasteiger partial charge in [0.05, 0.1) is 17.4 Å². The molecular formula is C21H17N3O2.